The summed E-state index contributed by atoms with van der Waals surface area (Å²) in [6.07, 6.45) is 7.44. The van der Waals surface area contributed by atoms with Gasteiger partial charge >= 0.3 is 0 Å². The molecular formula is C12H19N3. The van der Waals surface area contributed by atoms with Gasteiger partial charge in [0.1, 0.15) is 0 Å². The molecule has 0 spiro atoms. The Labute approximate surface area is 91.0 Å². The van der Waals surface area contributed by atoms with Crippen LogP contribution in [0.1, 0.15) is 38.4 Å². The van der Waals surface area contributed by atoms with Crippen LogP contribution in [0.2, 0.25) is 0 Å². The van der Waals surface area contributed by atoms with Gasteiger partial charge in [-0.05, 0) is 32.8 Å². The molecule has 0 aliphatic heterocycles. The molecule has 82 valence electrons. The number of hydrogen-bond donors (Lipinski definition) is 1. The van der Waals surface area contributed by atoms with Crippen molar-refractivity contribution in [1.29, 1.82) is 0 Å². The van der Waals surface area contributed by atoms with Crippen LogP contribution in [-0.4, -0.2) is 15.8 Å². The Morgan fingerprint density at radius 1 is 1.60 bits per heavy atom. The van der Waals surface area contributed by atoms with Crippen molar-refractivity contribution in [2.45, 2.75) is 45.2 Å². The lowest BCUT2D eigenvalue weighted by molar-refractivity contribution is 0.527. The number of nitrogens with zero attached hydrogens (tertiary/aromatic N) is 2. The molecule has 0 saturated carbocycles. The third-order valence-electron chi connectivity index (χ3n) is 2.85. The van der Waals surface area contributed by atoms with E-state index < -0.39 is 0 Å². The summed E-state index contributed by atoms with van der Waals surface area (Å²) in [6.45, 7) is 4.28. The zero-order valence-corrected chi connectivity index (χ0v) is 9.48. The second kappa shape index (κ2) is 4.19. The summed E-state index contributed by atoms with van der Waals surface area (Å²) >= 11 is 0. The first-order valence-corrected chi connectivity index (χ1v) is 5.64. The standard InChI is InChI=1S/C12H19N3/c1-9(2)15-6-5-12(14-15)8-10-3-4-11(13)7-10/h5-7,9,11H,3-4,8,13H2,1-2H3. The van der Waals surface area contributed by atoms with E-state index in [1.54, 1.807) is 0 Å². The Bertz CT molecular complexity index is 363. The summed E-state index contributed by atoms with van der Waals surface area (Å²) in [5.74, 6) is 0. The van der Waals surface area contributed by atoms with Gasteiger partial charge in [0.25, 0.3) is 0 Å². The van der Waals surface area contributed by atoms with E-state index in [9.17, 15) is 0 Å². The molecule has 1 aromatic heterocycles. The molecule has 1 unspecified atom stereocenters. The molecule has 1 aromatic rings. The van der Waals surface area contributed by atoms with Crippen molar-refractivity contribution < 1.29 is 0 Å². The van der Waals surface area contributed by atoms with E-state index >= 15 is 0 Å². The van der Waals surface area contributed by atoms with Crippen LogP contribution in [0.3, 0.4) is 0 Å². The highest BCUT2D eigenvalue weighted by molar-refractivity contribution is 5.19. The molecule has 0 bridgehead atoms. The van der Waals surface area contributed by atoms with Crippen LogP contribution >= 0.6 is 0 Å². The molecule has 0 aromatic carbocycles. The number of rotatable bonds is 3. The fourth-order valence-corrected chi connectivity index (χ4v) is 1.96. The number of hydrogen-bond acceptors (Lipinski definition) is 2. The second-order valence-electron chi connectivity index (χ2n) is 4.59. The van der Waals surface area contributed by atoms with Gasteiger partial charge in [0.05, 0.1) is 5.69 Å². The van der Waals surface area contributed by atoms with E-state index in [2.05, 4.69) is 37.3 Å². The summed E-state index contributed by atoms with van der Waals surface area (Å²) in [6, 6.07) is 2.82. The highest BCUT2D eigenvalue weighted by Crippen LogP contribution is 2.20. The molecule has 15 heavy (non-hydrogen) atoms. The number of allylic oxidation sites excluding steroid dienone is 1. The van der Waals surface area contributed by atoms with Crippen molar-refractivity contribution >= 4 is 0 Å². The van der Waals surface area contributed by atoms with Gasteiger partial charge < -0.3 is 5.73 Å². The van der Waals surface area contributed by atoms with Gasteiger partial charge in [-0.2, -0.15) is 5.10 Å². The van der Waals surface area contributed by atoms with Crippen molar-refractivity contribution in [3.8, 4) is 0 Å². The Morgan fingerprint density at radius 2 is 2.40 bits per heavy atom. The van der Waals surface area contributed by atoms with Crippen molar-refractivity contribution in [2.75, 3.05) is 0 Å². The predicted octanol–water partition coefficient (Wildman–Crippen LogP) is 2.05. The summed E-state index contributed by atoms with van der Waals surface area (Å²) in [5, 5.41) is 4.53. The molecule has 0 fully saturated rings. The van der Waals surface area contributed by atoms with E-state index in [1.807, 2.05) is 4.68 Å². The molecule has 0 saturated heterocycles. The van der Waals surface area contributed by atoms with Crippen LogP contribution < -0.4 is 5.73 Å². The normalized spacial score (nSPS) is 21.1. The Hall–Kier alpha value is -1.09. The molecule has 1 aliphatic rings. The lowest BCUT2D eigenvalue weighted by atomic mass is 10.1. The van der Waals surface area contributed by atoms with Crippen LogP contribution in [0, 0.1) is 0 Å². The molecule has 3 heteroatoms. The Kier molecular flexibility index (Phi) is 2.91. The maximum absolute atomic E-state index is 5.83. The van der Waals surface area contributed by atoms with E-state index in [0.717, 1.165) is 25.0 Å². The monoisotopic (exact) mass is 205 g/mol. The fourth-order valence-electron chi connectivity index (χ4n) is 1.96. The van der Waals surface area contributed by atoms with Crippen molar-refractivity contribution in [2.24, 2.45) is 5.73 Å². The minimum absolute atomic E-state index is 0.271. The Balaban J connectivity index is 2.02. The van der Waals surface area contributed by atoms with Crippen LogP contribution in [0.25, 0.3) is 0 Å². The average molecular weight is 205 g/mol. The lowest BCUT2D eigenvalue weighted by Crippen LogP contribution is -2.11. The third-order valence-corrected chi connectivity index (χ3v) is 2.85. The van der Waals surface area contributed by atoms with Crippen molar-refractivity contribution in [3.05, 3.63) is 29.6 Å². The van der Waals surface area contributed by atoms with Crippen LogP contribution in [0.15, 0.2) is 23.9 Å². The van der Waals surface area contributed by atoms with E-state index in [1.165, 1.54) is 5.57 Å². The van der Waals surface area contributed by atoms with Gasteiger partial charge in [-0.3, -0.25) is 4.68 Å². The lowest BCUT2D eigenvalue weighted by Gasteiger charge is -2.03. The highest BCUT2D eigenvalue weighted by atomic mass is 15.3. The number of aromatic nitrogens is 2. The topological polar surface area (TPSA) is 43.8 Å². The predicted molar refractivity (Wildman–Crippen MR) is 61.6 cm³/mol. The zero-order valence-electron chi connectivity index (χ0n) is 9.48. The summed E-state index contributed by atoms with van der Waals surface area (Å²) < 4.78 is 2.00. The van der Waals surface area contributed by atoms with E-state index in [-0.39, 0.29) is 6.04 Å². The minimum Gasteiger partial charge on any atom is -0.324 e. The molecule has 2 rings (SSSR count). The van der Waals surface area contributed by atoms with Crippen LogP contribution in [-0.2, 0) is 6.42 Å². The average Bonchev–Trinajstić information content (AvgIpc) is 2.76. The summed E-state index contributed by atoms with van der Waals surface area (Å²) in [4.78, 5) is 0. The molecular weight excluding hydrogens is 186 g/mol. The minimum atomic E-state index is 0.271. The van der Waals surface area contributed by atoms with Gasteiger partial charge in [-0.15, -0.1) is 0 Å². The SMILES string of the molecule is CC(C)n1ccc(CC2=CC(N)CC2)n1. The van der Waals surface area contributed by atoms with Crippen LogP contribution in [0.5, 0.6) is 0 Å². The summed E-state index contributed by atoms with van der Waals surface area (Å²) in [5.41, 5.74) is 8.43. The molecule has 1 heterocycles. The first-order chi connectivity index (χ1) is 7.15. The van der Waals surface area contributed by atoms with Gasteiger partial charge in [0.2, 0.25) is 0 Å². The van der Waals surface area contributed by atoms with Crippen molar-refractivity contribution in [3.63, 3.8) is 0 Å². The third kappa shape index (κ3) is 2.48. The molecule has 1 atom stereocenters. The van der Waals surface area contributed by atoms with Gasteiger partial charge in [0, 0.05) is 24.7 Å². The maximum atomic E-state index is 5.83. The molecule has 2 N–H and O–H groups in total. The van der Waals surface area contributed by atoms with Gasteiger partial charge in [0.15, 0.2) is 0 Å². The number of nitrogens with two attached hydrogens (primary N) is 1. The first-order valence-electron chi connectivity index (χ1n) is 5.64. The van der Waals surface area contributed by atoms with Gasteiger partial charge in [-0.25, -0.2) is 0 Å². The quantitative estimate of drug-likeness (QED) is 0.767. The molecule has 1 aliphatic carbocycles. The fraction of sp³-hybridized carbons (Fsp3) is 0.583. The van der Waals surface area contributed by atoms with E-state index in [0.29, 0.717) is 6.04 Å². The molecule has 3 nitrogen and oxygen atoms in total. The Morgan fingerprint density at radius 3 is 2.93 bits per heavy atom. The summed E-state index contributed by atoms with van der Waals surface area (Å²) in [7, 11) is 0. The highest BCUT2D eigenvalue weighted by Gasteiger charge is 2.13. The molecule has 0 radical (unpaired) electrons. The zero-order chi connectivity index (χ0) is 10.8. The van der Waals surface area contributed by atoms with E-state index in [4.69, 9.17) is 5.73 Å². The van der Waals surface area contributed by atoms with Crippen molar-refractivity contribution in [1.82, 2.24) is 9.78 Å². The first kappa shape index (κ1) is 10.4. The smallest absolute Gasteiger partial charge is 0.0665 e. The van der Waals surface area contributed by atoms with Gasteiger partial charge in [-0.1, -0.05) is 11.6 Å². The maximum Gasteiger partial charge on any atom is 0.0665 e. The molecule has 0 amide bonds. The second-order valence-corrected chi connectivity index (χ2v) is 4.59. The largest absolute Gasteiger partial charge is 0.324 e. The van der Waals surface area contributed by atoms with Crippen LogP contribution in [0.4, 0.5) is 0 Å².